The van der Waals surface area contributed by atoms with Crippen molar-refractivity contribution in [2.75, 3.05) is 7.11 Å². The molecule has 0 aliphatic rings. The van der Waals surface area contributed by atoms with Gasteiger partial charge in [-0.1, -0.05) is 0 Å². The second kappa shape index (κ2) is 5.20. The number of aromatic nitrogens is 1. The molecule has 0 saturated carbocycles. The minimum atomic E-state index is -2.79. The molecule has 16 heavy (non-hydrogen) atoms. The number of pyridine rings is 1. The van der Waals surface area contributed by atoms with Crippen molar-refractivity contribution in [3.05, 3.63) is 21.8 Å². The maximum atomic E-state index is 12.6. The summed E-state index contributed by atoms with van der Waals surface area (Å²) in [6.07, 6.45) is -3.17. The molecule has 0 aromatic carbocycles. The van der Waals surface area contributed by atoms with Crippen LogP contribution in [-0.2, 0) is 11.2 Å². The standard InChI is InChI=1S/C9H8BrF2NO3/c1-16-5-2-4(3-6(14)15)7(10)8(13-5)9(11)12/h2,9H,3H2,1H3,(H,14,15). The monoisotopic (exact) mass is 295 g/mol. The van der Waals surface area contributed by atoms with Gasteiger partial charge in [0.05, 0.1) is 13.5 Å². The molecule has 0 radical (unpaired) electrons. The van der Waals surface area contributed by atoms with E-state index in [1.165, 1.54) is 13.2 Å². The highest BCUT2D eigenvalue weighted by molar-refractivity contribution is 9.10. The van der Waals surface area contributed by atoms with Gasteiger partial charge in [-0.05, 0) is 21.5 Å². The maximum absolute atomic E-state index is 12.6. The molecular weight excluding hydrogens is 288 g/mol. The Balaban J connectivity index is 3.25. The highest BCUT2D eigenvalue weighted by atomic mass is 79.9. The van der Waals surface area contributed by atoms with Gasteiger partial charge in [-0.3, -0.25) is 4.79 Å². The Morgan fingerprint density at radius 3 is 2.75 bits per heavy atom. The molecule has 0 fully saturated rings. The molecule has 0 bridgehead atoms. The van der Waals surface area contributed by atoms with Crippen LogP contribution in [0.3, 0.4) is 0 Å². The predicted octanol–water partition coefficient (Wildman–Crippen LogP) is 2.42. The van der Waals surface area contributed by atoms with Gasteiger partial charge < -0.3 is 9.84 Å². The summed E-state index contributed by atoms with van der Waals surface area (Å²) in [6, 6.07) is 1.31. The molecule has 0 spiro atoms. The van der Waals surface area contributed by atoms with Crippen LogP contribution in [0.1, 0.15) is 17.7 Å². The molecule has 4 nitrogen and oxygen atoms in total. The average Bonchev–Trinajstić information content (AvgIpc) is 2.19. The van der Waals surface area contributed by atoms with E-state index < -0.39 is 18.1 Å². The zero-order valence-electron chi connectivity index (χ0n) is 8.21. The number of nitrogens with zero attached hydrogens (tertiary/aromatic N) is 1. The molecule has 0 aliphatic heterocycles. The van der Waals surface area contributed by atoms with Crippen molar-refractivity contribution in [3.63, 3.8) is 0 Å². The van der Waals surface area contributed by atoms with Crippen molar-refractivity contribution >= 4 is 21.9 Å². The second-order valence-electron chi connectivity index (χ2n) is 2.89. The fourth-order valence-electron chi connectivity index (χ4n) is 1.12. The SMILES string of the molecule is COc1cc(CC(=O)O)c(Br)c(C(F)F)n1. The number of carboxylic acid groups (broad SMARTS) is 1. The molecule has 0 unspecified atom stereocenters. The second-order valence-corrected chi connectivity index (χ2v) is 3.69. The Morgan fingerprint density at radius 1 is 1.69 bits per heavy atom. The van der Waals surface area contributed by atoms with E-state index >= 15 is 0 Å². The maximum Gasteiger partial charge on any atom is 0.307 e. The zero-order valence-corrected chi connectivity index (χ0v) is 9.79. The van der Waals surface area contributed by atoms with Gasteiger partial charge in [-0.15, -0.1) is 0 Å². The number of alkyl halides is 2. The molecule has 1 heterocycles. The minimum Gasteiger partial charge on any atom is -0.481 e. The number of carbonyl (C=O) groups is 1. The summed E-state index contributed by atoms with van der Waals surface area (Å²) < 4.78 is 29.9. The minimum absolute atomic E-state index is 0.00528. The Bertz CT molecular complexity index is 412. The van der Waals surface area contributed by atoms with Gasteiger partial charge in [0.15, 0.2) is 0 Å². The Kier molecular flexibility index (Phi) is 4.17. The summed E-state index contributed by atoms with van der Waals surface area (Å²) in [7, 11) is 1.27. The van der Waals surface area contributed by atoms with Crippen molar-refractivity contribution in [1.29, 1.82) is 0 Å². The molecule has 7 heteroatoms. The van der Waals surface area contributed by atoms with Crippen molar-refractivity contribution in [3.8, 4) is 5.88 Å². The number of ether oxygens (including phenoxy) is 1. The van der Waals surface area contributed by atoms with Crippen LogP contribution in [0.2, 0.25) is 0 Å². The van der Waals surface area contributed by atoms with Crippen LogP contribution in [0.15, 0.2) is 10.5 Å². The normalized spacial score (nSPS) is 10.6. The third-order valence-corrected chi connectivity index (χ3v) is 2.71. The van der Waals surface area contributed by atoms with E-state index in [4.69, 9.17) is 9.84 Å². The quantitative estimate of drug-likeness (QED) is 0.927. The Hall–Kier alpha value is -1.24. The van der Waals surface area contributed by atoms with Crippen molar-refractivity contribution in [2.24, 2.45) is 0 Å². The van der Waals surface area contributed by atoms with Gasteiger partial charge in [0.1, 0.15) is 5.69 Å². The lowest BCUT2D eigenvalue weighted by Gasteiger charge is -2.09. The third kappa shape index (κ3) is 2.88. The fraction of sp³-hybridized carbons (Fsp3) is 0.333. The molecule has 1 aromatic heterocycles. The lowest BCUT2D eigenvalue weighted by molar-refractivity contribution is -0.136. The van der Waals surface area contributed by atoms with E-state index in [2.05, 4.69) is 20.9 Å². The first-order valence-corrected chi connectivity index (χ1v) is 4.98. The van der Waals surface area contributed by atoms with Crippen LogP contribution in [0.4, 0.5) is 8.78 Å². The molecule has 1 rings (SSSR count). The van der Waals surface area contributed by atoms with E-state index in [-0.39, 0.29) is 22.3 Å². The summed E-state index contributed by atoms with van der Waals surface area (Å²) in [5.74, 6) is -1.15. The largest absolute Gasteiger partial charge is 0.481 e. The first kappa shape index (κ1) is 12.8. The van der Waals surface area contributed by atoms with Gasteiger partial charge in [0, 0.05) is 10.5 Å². The molecule has 1 N–H and O–H groups in total. The predicted molar refractivity (Wildman–Crippen MR) is 54.8 cm³/mol. The first-order chi connectivity index (χ1) is 7.45. The lowest BCUT2D eigenvalue weighted by Crippen LogP contribution is -2.05. The van der Waals surface area contributed by atoms with Crippen molar-refractivity contribution in [2.45, 2.75) is 12.8 Å². The van der Waals surface area contributed by atoms with Gasteiger partial charge in [0.25, 0.3) is 6.43 Å². The van der Waals surface area contributed by atoms with E-state index in [0.717, 1.165) is 0 Å². The molecule has 0 saturated heterocycles. The molecule has 0 atom stereocenters. The summed E-state index contributed by atoms with van der Waals surface area (Å²) >= 11 is 2.91. The van der Waals surface area contributed by atoms with Gasteiger partial charge in [-0.25, -0.2) is 13.8 Å². The number of hydrogen-bond donors (Lipinski definition) is 1. The van der Waals surface area contributed by atoms with Crippen LogP contribution in [0.5, 0.6) is 5.88 Å². The molecule has 88 valence electrons. The Morgan fingerprint density at radius 2 is 2.31 bits per heavy atom. The molecule has 1 aromatic rings. The zero-order chi connectivity index (χ0) is 12.3. The van der Waals surface area contributed by atoms with Crippen molar-refractivity contribution < 1.29 is 23.4 Å². The van der Waals surface area contributed by atoms with Crippen LogP contribution in [-0.4, -0.2) is 23.2 Å². The molecule has 0 amide bonds. The number of carboxylic acids is 1. The fourth-order valence-corrected chi connectivity index (χ4v) is 1.63. The summed E-state index contributed by atoms with van der Waals surface area (Å²) in [4.78, 5) is 14.1. The van der Waals surface area contributed by atoms with E-state index in [1.54, 1.807) is 0 Å². The van der Waals surface area contributed by atoms with E-state index in [0.29, 0.717) is 0 Å². The lowest BCUT2D eigenvalue weighted by atomic mass is 10.1. The topological polar surface area (TPSA) is 59.4 Å². The smallest absolute Gasteiger partial charge is 0.307 e. The van der Waals surface area contributed by atoms with E-state index in [1.807, 2.05) is 0 Å². The van der Waals surface area contributed by atoms with Crippen LogP contribution in [0.25, 0.3) is 0 Å². The highest BCUT2D eigenvalue weighted by Crippen LogP contribution is 2.31. The average molecular weight is 296 g/mol. The number of methoxy groups -OCH3 is 1. The highest BCUT2D eigenvalue weighted by Gasteiger charge is 2.19. The summed E-state index contributed by atoms with van der Waals surface area (Å²) in [6.45, 7) is 0. The van der Waals surface area contributed by atoms with E-state index in [9.17, 15) is 13.6 Å². The number of hydrogen-bond acceptors (Lipinski definition) is 3. The molecule has 0 aliphatic carbocycles. The summed E-state index contributed by atoms with van der Waals surface area (Å²) in [5.41, 5.74) is -0.315. The number of rotatable bonds is 4. The third-order valence-electron chi connectivity index (χ3n) is 1.79. The van der Waals surface area contributed by atoms with Crippen molar-refractivity contribution in [1.82, 2.24) is 4.98 Å². The van der Waals surface area contributed by atoms with Gasteiger partial charge in [-0.2, -0.15) is 0 Å². The number of halogens is 3. The molecular formula is C9H8BrF2NO3. The van der Waals surface area contributed by atoms with Gasteiger partial charge in [0.2, 0.25) is 5.88 Å². The summed E-state index contributed by atoms with van der Waals surface area (Å²) in [5, 5.41) is 8.61. The van der Waals surface area contributed by atoms with Crippen LogP contribution < -0.4 is 4.74 Å². The van der Waals surface area contributed by atoms with Crippen LogP contribution in [0, 0.1) is 0 Å². The van der Waals surface area contributed by atoms with Crippen LogP contribution >= 0.6 is 15.9 Å². The van der Waals surface area contributed by atoms with Gasteiger partial charge >= 0.3 is 5.97 Å². The number of aliphatic carboxylic acids is 1. The Labute approximate surface area is 98.4 Å². The first-order valence-electron chi connectivity index (χ1n) is 4.19.